The molecule has 0 bridgehead atoms. The molecule has 1 N–H and O–H groups in total. The Kier molecular flexibility index (Phi) is 5.58. The van der Waals surface area contributed by atoms with Crippen LogP contribution in [0.25, 0.3) is 0 Å². The summed E-state index contributed by atoms with van der Waals surface area (Å²) < 4.78 is 5.69. The molecule has 2 aromatic rings. The van der Waals surface area contributed by atoms with Crippen molar-refractivity contribution in [1.29, 1.82) is 0 Å². The van der Waals surface area contributed by atoms with Gasteiger partial charge in [-0.15, -0.1) is 0 Å². The van der Waals surface area contributed by atoms with Crippen LogP contribution in [0.15, 0.2) is 48.8 Å². The van der Waals surface area contributed by atoms with Gasteiger partial charge in [0.1, 0.15) is 5.75 Å². The van der Waals surface area contributed by atoms with E-state index in [0.29, 0.717) is 23.7 Å². The van der Waals surface area contributed by atoms with E-state index >= 15 is 0 Å². The first-order valence-corrected chi connectivity index (χ1v) is 7.16. The highest BCUT2D eigenvalue weighted by Crippen LogP contribution is 2.24. The third kappa shape index (κ3) is 4.46. The number of ether oxygens (including phenoxy) is 1. The van der Waals surface area contributed by atoms with Crippen molar-refractivity contribution >= 4 is 17.5 Å². The average molecular weight is 305 g/mol. The fourth-order valence-electron chi connectivity index (χ4n) is 1.82. The zero-order valence-corrected chi connectivity index (χ0v) is 12.5. The first-order valence-electron chi connectivity index (χ1n) is 6.78. The summed E-state index contributed by atoms with van der Waals surface area (Å²) in [5.74, 6) is 0.360. The van der Waals surface area contributed by atoms with Crippen LogP contribution in [0.3, 0.4) is 0 Å². The fourth-order valence-corrected chi connectivity index (χ4v) is 2.00. The zero-order valence-electron chi connectivity index (χ0n) is 11.8. The first kappa shape index (κ1) is 15.3. The second-order valence-electron chi connectivity index (χ2n) is 4.52. The Bertz CT molecular complexity index is 590. The van der Waals surface area contributed by atoms with E-state index in [2.05, 4.69) is 10.3 Å². The molecule has 2 rings (SSSR count). The average Bonchev–Trinajstić information content (AvgIpc) is 2.53. The molecule has 1 atom stereocenters. The van der Waals surface area contributed by atoms with Crippen LogP contribution in [0.4, 0.5) is 0 Å². The molecule has 0 saturated carbocycles. The normalized spacial score (nSPS) is 11.7. The Morgan fingerprint density at radius 1 is 1.29 bits per heavy atom. The Morgan fingerprint density at radius 2 is 2.00 bits per heavy atom. The van der Waals surface area contributed by atoms with Gasteiger partial charge in [-0.05, 0) is 36.2 Å². The molecule has 1 aromatic carbocycles. The van der Waals surface area contributed by atoms with E-state index in [0.717, 1.165) is 5.56 Å². The van der Waals surface area contributed by atoms with Gasteiger partial charge in [0.05, 0.1) is 5.02 Å². The minimum atomic E-state index is -0.563. The van der Waals surface area contributed by atoms with Crippen molar-refractivity contribution in [3.63, 3.8) is 0 Å². The number of rotatable bonds is 6. The number of aromatic nitrogens is 1. The van der Waals surface area contributed by atoms with Crippen LogP contribution in [0.1, 0.15) is 18.9 Å². The van der Waals surface area contributed by atoms with Gasteiger partial charge in [-0.25, -0.2) is 0 Å². The van der Waals surface area contributed by atoms with Gasteiger partial charge in [-0.3, -0.25) is 9.78 Å². The minimum absolute atomic E-state index is 0.158. The topological polar surface area (TPSA) is 51.2 Å². The Morgan fingerprint density at radius 3 is 2.67 bits per heavy atom. The van der Waals surface area contributed by atoms with Gasteiger partial charge in [-0.1, -0.05) is 30.7 Å². The van der Waals surface area contributed by atoms with Crippen molar-refractivity contribution in [2.75, 3.05) is 0 Å². The third-order valence-corrected chi connectivity index (χ3v) is 3.30. The monoisotopic (exact) mass is 304 g/mol. The van der Waals surface area contributed by atoms with Gasteiger partial charge in [0.15, 0.2) is 6.10 Å². The number of halogens is 1. The molecule has 1 amide bonds. The number of hydrogen-bond acceptors (Lipinski definition) is 3. The van der Waals surface area contributed by atoms with Gasteiger partial charge in [0, 0.05) is 18.9 Å². The van der Waals surface area contributed by atoms with Gasteiger partial charge in [-0.2, -0.15) is 0 Å². The molecule has 1 heterocycles. The van der Waals surface area contributed by atoms with Crippen LogP contribution in [0.2, 0.25) is 5.02 Å². The number of carbonyl (C=O) groups excluding carboxylic acids is 1. The lowest BCUT2D eigenvalue weighted by Gasteiger charge is -2.18. The highest BCUT2D eigenvalue weighted by atomic mass is 35.5. The van der Waals surface area contributed by atoms with Crippen molar-refractivity contribution < 1.29 is 9.53 Å². The fraction of sp³-hybridized carbons (Fsp3) is 0.250. The number of pyridine rings is 1. The van der Waals surface area contributed by atoms with Crippen LogP contribution in [0, 0.1) is 0 Å². The van der Waals surface area contributed by atoms with E-state index in [1.54, 1.807) is 24.5 Å². The number of carbonyl (C=O) groups is 1. The molecule has 4 nitrogen and oxygen atoms in total. The Balaban J connectivity index is 1.94. The van der Waals surface area contributed by atoms with Crippen LogP contribution in [0.5, 0.6) is 5.75 Å². The number of nitrogens with one attached hydrogen (secondary N) is 1. The lowest BCUT2D eigenvalue weighted by molar-refractivity contribution is -0.128. The van der Waals surface area contributed by atoms with Gasteiger partial charge in [0.25, 0.3) is 5.91 Å². The number of para-hydroxylation sites is 1. The molecule has 110 valence electrons. The van der Waals surface area contributed by atoms with Crippen LogP contribution >= 0.6 is 11.6 Å². The maximum Gasteiger partial charge on any atom is 0.261 e. The predicted molar refractivity (Wildman–Crippen MR) is 82.2 cm³/mol. The minimum Gasteiger partial charge on any atom is -0.479 e. The molecule has 21 heavy (non-hydrogen) atoms. The first-order chi connectivity index (χ1) is 10.2. The second kappa shape index (κ2) is 7.64. The smallest absolute Gasteiger partial charge is 0.261 e. The summed E-state index contributed by atoms with van der Waals surface area (Å²) in [7, 11) is 0. The van der Waals surface area contributed by atoms with E-state index in [9.17, 15) is 4.79 Å². The van der Waals surface area contributed by atoms with Gasteiger partial charge < -0.3 is 10.1 Å². The van der Waals surface area contributed by atoms with Crippen molar-refractivity contribution in [3.05, 3.63) is 59.4 Å². The van der Waals surface area contributed by atoms with Crippen molar-refractivity contribution in [2.45, 2.75) is 26.0 Å². The molecule has 5 heteroatoms. The standard InChI is InChI=1S/C16H17ClN2O2/c1-2-14(21-15-6-4-3-5-13(15)17)16(20)19-11-12-7-9-18-10-8-12/h3-10,14H,2,11H2,1H3,(H,19,20). The molecule has 1 unspecified atom stereocenters. The van der Waals surface area contributed by atoms with Crippen molar-refractivity contribution in [3.8, 4) is 5.75 Å². The summed E-state index contributed by atoms with van der Waals surface area (Å²) in [5.41, 5.74) is 0.992. The summed E-state index contributed by atoms with van der Waals surface area (Å²) in [5, 5.41) is 3.35. The van der Waals surface area contributed by atoms with E-state index < -0.39 is 6.10 Å². The molecule has 0 spiro atoms. The summed E-state index contributed by atoms with van der Waals surface area (Å²) in [4.78, 5) is 16.1. The van der Waals surface area contributed by atoms with E-state index in [1.165, 1.54) is 0 Å². The SMILES string of the molecule is CCC(Oc1ccccc1Cl)C(=O)NCc1ccncc1. The number of hydrogen-bond donors (Lipinski definition) is 1. The molecule has 0 radical (unpaired) electrons. The highest BCUT2D eigenvalue weighted by Gasteiger charge is 2.18. The zero-order chi connectivity index (χ0) is 15.1. The van der Waals surface area contributed by atoms with Gasteiger partial charge >= 0.3 is 0 Å². The van der Waals surface area contributed by atoms with Crippen LogP contribution in [-0.2, 0) is 11.3 Å². The number of nitrogens with zero attached hydrogens (tertiary/aromatic N) is 1. The molecule has 0 fully saturated rings. The van der Waals surface area contributed by atoms with Crippen LogP contribution < -0.4 is 10.1 Å². The highest BCUT2D eigenvalue weighted by molar-refractivity contribution is 6.32. The Labute approximate surface area is 129 Å². The van der Waals surface area contributed by atoms with E-state index in [4.69, 9.17) is 16.3 Å². The molecule has 0 aliphatic carbocycles. The molecule has 0 aliphatic rings. The summed E-state index contributed by atoms with van der Waals surface area (Å²) in [6, 6.07) is 10.8. The maximum absolute atomic E-state index is 12.2. The van der Waals surface area contributed by atoms with Crippen molar-refractivity contribution in [2.24, 2.45) is 0 Å². The summed E-state index contributed by atoms with van der Waals surface area (Å²) in [6.45, 7) is 2.34. The third-order valence-electron chi connectivity index (χ3n) is 2.99. The largest absolute Gasteiger partial charge is 0.479 e. The van der Waals surface area contributed by atoms with Gasteiger partial charge in [0.2, 0.25) is 0 Å². The predicted octanol–water partition coefficient (Wildman–Crippen LogP) is 3.21. The summed E-state index contributed by atoms with van der Waals surface area (Å²) >= 11 is 6.04. The molecule has 1 aromatic heterocycles. The lowest BCUT2D eigenvalue weighted by Crippen LogP contribution is -2.37. The van der Waals surface area contributed by atoms with E-state index in [1.807, 2.05) is 31.2 Å². The molecular formula is C16H17ClN2O2. The van der Waals surface area contributed by atoms with E-state index in [-0.39, 0.29) is 5.91 Å². The van der Waals surface area contributed by atoms with Crippen LogP contribution in [-0.4, -0.2) is 17.0 Å². The number of benzene rings is 1. The molecule has 0 aliphatic heterocycles. The quantitative estimate of drug-likeness (QED) is 0.891. The Hall–Kier alpha value is -2.07. The van der Waals surface area contributed by atoms with Crippen molar-refractivity contribution in [1.82, 2.24) is 10.3 Å². The maximum atomic E-state index is 12.2. The lowest BCUT2D eigenvalue weighted by atomic mass is 10.2. The summed E-state index contributed by atoms with van der Waals surface area (Å²) in [6.07, 6.45) is 3.39. The molecular weight excluding hydrogens is 288 g/mol. The number of amides is 1. The molecule has 0 saturated heterocycles. The second-order valence-corrected chi connectivity index (χ2v) is 4.93.